The number of hydrogen-bond acceptors (Lipinski definition) is 6. The van der Waals surface area contributed by atoms with Gasteiger partial charge < -0.3 is 10.2 Å². The highest BCUT2D eigenvalue weighted by atomic mass is 32.2. The van der Waals surface area contributed by atoms with Crippen molar-refractivity contribution in [3.8, 4) is 0 Å². The second kappa shape index (κ2) is 9.01. The van der Waals surface area contributed by atoms with Crippen molar-refractivity contribution in [3.05, 3.63) is 60.2 Å². The van der Waals surface area contributed by atoms with Crippen LogP contribution >= 0.6 is 23.1 Å². The second-order valence-electron chi connectivity index (χ2n) is 6.05. The smallest absolute Gasteiger partial charge is 0.240 e. The number of rotatable bonds is 7. The molecule has 0 bridgehead atoms. The molecule has 1 atom stereocenters. The molecule has 5 nitrogen and oxygen atoms in total. The lowest BCUT2D eigenvalue weighted by Gasteiger charge is -2.23. The largest absolute Gasteiger partial charge is 0.330 e. The highest BCUT2D eigenvalue weighted by molar-refractivity contribution is 8.02. The lowest BCUT2D eigenvalue weighted by molar-refractivity contribution is -0.117. The maximum Gasteiger partial charge on any atom is 0.240 e. The Morgan fingerprint density at radius 1 is 1.19 bits per heavy atom. The molecular weight excluding hydrogens is 376 g/mol. The van der Waals surface area contributed by atoms with E-state index in [1.807, 2.05) is 69.3 Å². The van der Waals surface area contributed by atoms with E-state index in [1.54, 1.807) is 4.90 Å². The fourth-order valence-corrected chi connectivity index (χ4v) is 4.63. The maximum absolute atomic E-state index is 12.9. The van der Waals surface area contributed by atoms with Gasteiger partial charge in [-0.25, -0.2) is 0 Å². The summed E-state index contributed by atoms with van der Waals surface area (Å²) >= 11 is 2.89. The first-order chi connectivity index (χ1) is 13.1. The van der Waals surface area contributed by atoms with E-state index >= 15 is 0 Å². The zero-order chi connectivity index (χ0) is 19.2. The van der Waals surface area contributed by atoms with E-state index in [2.05, 4.69) is 21.6 Å². The fraction of sp³-hybridized carbons (Fsp3) is 0.250. The highest BCUT2D eigenvalue weighted by Gasteiger charge is 2.23. The van der Waals surface area contributed by atoms with E-state index in [-0.39, 0.29) is 11.2 Å². The number of carbonyl (C=O) groups is 1. The molecule has 0 aliphatic carbocycles. The predicted molar refractivity (Wildman–Crippen MR) is 114 cm³/mol. The van der Waals surface area contributed by atoms with Crippen molar-refractivity contribution in [2.75, 3.05) is 16.8 Å². The Balaban J connectivity index is 1.64. The first-order valence-corrected chi connectivity index (χ1v) is 10.5. The molecule has 7 heteroatoms. The van der Waals surface area contributed by atoms with E-state index in [9.17, 15) is 4.79 Å². The van der Waals surface area contributed by atoms with Crippen LogP contribution in [0.5, 0.6) is 0 Å². The van der Waals surface area contributed by atoms with Crippen LogP contribution in [0.4, 0.5) is 16.5 Å². The summed E-state index contributed by atoms with van der Waals surface area (Å²) in [4.78, 5) is 14.7. The van der Waals surface area contributed by atoms with Gasteiger partial charge in [0, 0.05) is 17.9 Å². The fourth-order valence-electron chi connectivity index (χ4n) is 2.65. The van der Waals surface area contributed by atoms with Crippen molar-refractivity contribution < 1.29 is 4.79 Å². The molecule has 0 aliphatic rings. The van der Waals surface area contributed by atoms with Crippen molar-refractivity contribution in [1.29, 1.82) is 0 Å². The van der Waals surface area contributed by atoms with Crippen LogP contribution in [-0.2, 0) is 4.79 Å². The standard InChI is InChI=1S/C20H22N4OS2/c1-4-24(17-11-6-5-7-12-17)18(25)15(3)26-20-23-22-19(27-20)21-16-10-8-9-14(2)13-16/h5-13,15H,4H2,1-3H3,(H,21,22)/t15-/m0/s1. The minimum atomic E-state index is -0.245. The van der Waals surface area contributed by atoms with E-state index in [1.165, 1.54) is 28.7 Å². The topological polar surface area (TPSA) is 58.1 Å². The number of anilines is 3. The molecule has 0 aliphatic heterocycles. The Hall–Kier alpha value is -2.38. The Labute approximate surface area is 167 Å². The maximum atomic E-state index is 12.9. The lowest BCUT2D eigenvalue weighted by Crippen LogP contribution is -2.36. The predicted octanol–water partition coefficient (Wildman–Crippen LogP) is 5.12. The van der Waals surface area contributed by atoms with Crippen molar-refractivity contribution in [3.63, 3.8) is 0 Å². The molecule has 3 rings (SSSR count). The Bertz CT molecular complexity index is 898. The van der Waals surface area contributed by atoms with Crippen LogP contribution in [0, 0.1) is 6.92 Å². The molecule has 0 radical (unpaired) electrons. The first-order valence-electron chi connectivity index (χ1n) is 8.77. The number of benzene rings is 2. The van der Waals surface area contributed by atoms with Gasteiger partial charge in [0.25, 0.3) is 0 Å². The van der Waals surface area contributed by atoms with Crippen LogP contribution in [0.2, 0.25) is 0 Å². The summed E-state index contributed by atoms with van der Waals surface area (Å²) in [5.41, 5.74) is 3.07. The van der Waals surface area contributed by atoms with Crippen LogP contribution in [0.3, 0.4) is 0 Å². The molecule has 0 saturated heterocycles. The Kier molecular flexibility index (Phi) is 6.47. The second-order valence-corrected chi connectivity index (χ2v) is 8.61. The van der Waals surface area contributed by atoms with Gasteiger partial charge in [-0.05, 0) is 50.6 Å². The molecule has 1 heterocycles. The molecule has 27 heavy (non-hydrogen) atoms. The minimum absolute atomic E-state index is 0.0668. The molecule has 1 aromatic heterocycles. The monoisotopic (exact) mass is 398 g/mol. The van der Waals surface area contributed by atoms with Gasteiger partial charge >= 0.3 is 0 Å². The summed E-state index contributed by atoms with van der Waals surface area (Å²) in [5.74, 6) is 0.0668. The number of carbonyl (C=O) groups excluding carboxylic acids is 1. The summed E-state index contributed by atoms with van der Waals surface area (Å²) in [6.07, 6.45) is 0. The van der Waals surface area contributed by atoms with Gasteiger partial charge in [0.1, 0.15) is 0 Å². The third kappa shape index (κ3) is 5.08. The average Bonchev–Trinajstić information content (AvgIpc) is 3.10. The molecule has 2 aromatic carbocycles. The first kappa shape index (κ1) is 19.4. The van der Waals surface area contributed by atoms with Crippen molar-refractivity contribution in [2.24, 2.45) is 0 Å². The number of aryl methyl sites for hydroxylation is 1. The lowest BCUT2D eigenvalue weighted by atomic mass is 10.2. The summed E-state index contributed by atoms with van der Waals surface area (Å²) in [6.45, 7) is 6.57. The number of amides is 1. The van der Waals surface area contributed by atoms with Gasteiger partial charge in [-0.1, -0.05) is 53.4 Å². The van der Waals surface area contributed by atoms with Crippen LogP contribution in [0.1, 0.15) is 19.4 Å². The van der Waals surface area contributed by atoms with Gasteiger partial charge in [0.2, 0.25) is 11.0 Å². The number of hydrogen-bond donors (Lipinski definition) is 1. The number of para-hydroxylation sites is 1. The molecule has 0 unspecified atom stereocenters. The van der Waals surface area contributed by atoms with Gasteiger partial charge in [-0.3, -0.25) is 4.79 Å². The number of nitrogens with zero attached hydrogens (tertiary/aromatic N) is 3. The van der Waals surface area contributed by atoms with E-state index in [4.69, 9.17) is 0 Å². The molecule has 0 fully saturated rings. The van der Waals surface area contributed by atoms with Gasteiger partial charge in [0.15, 0.2) is 4.34 Å². The summed E-state index contributed by atoms with van der Waals surface area (Å²) in [5, 5.41) is 12.1. The summed E-state index contributed by atoms with van der Waals surface area (Å²) < 4.78 is 0.773. The average molecular weight is 399 g/mol. The Morgan fingerprint density at radius 2 is 1.96 bits per heavy atom. The van der Waals surface area contributed by atoms with Crippen LogP contribution in [0.15, 0.2) is 58.9 Å². The molecule has 3 aromatic rings. The van der Waals surface area contributed by atoms with Crippen molar-refractivity contribution in [2.45, 2.75) is 30.4 Å². The van der Waals surface area contributed by atoms with Crippen LogP contribution in [0.25, 0.3) is 0 Å². The van der Waals surface area contributed by atoms with Crippen molar-refractivity contribution in [1.82, 2.24) is 10.2 Å². The van der Waals surface area contributed by atoms with Gasteiger partial charge in [-0.15, -0.1) is 10.2 Å². The zero-order valence-corrected chi connectivity index (χ0v) is 17.2. The zero-order valence-electron chi connectivity index (χ0n) is 15.5. The molecular formula is C20H22N4OS2. The van der Waals surface area contributed by atoms with Gasteiger partial charge in [0.05, 0.1) is 5.25 Å². The minimum Gasteiger partial charge on any atom is -0.330 e. The normalized spacial score (nSPS) is 11.8. The third-order valence-corrected chi connectivity index (χ3v) is 5.96. The summed E-state index contributed by atoms with van der Waals surface area (Å²) in [6, 6.07) is 17.8. The number of nitrogens with one attached hydrogen (secondary N) is 1. The molecule has 1 amide bonds. The van der Waals surface area contributed by atoms with E-state index < -0.39 is 0 Å². The molecule has 0 spiro atoms. The number of aromatic nitrogens is 2. The quantitative estimate of drug-likeness (QED) is 0.560. The Morgan fingerprint density at radius 3 is 2.67 bits per heavy atom. The third-order valence-electron chi connectivity index (χ3n) is 3.95. The SMILES string of the molecule is CCN(C(=O)[C@H](C)Sc1nnc(Nc2cccc(C)c2)s1)c1ccccc1. The van der Waals surface area contributed by atoms with Crippen LogP contribution < -0.4 is 10.2 Å². The van der Waals surface area contributed by atoms with Gasteiger partial charge in [-0.2, -0.15) is 0 Å². The number of thioether (sulfide) groups is 1. The van der Waals surface area contributed by atoms with E-state index in [0.717, 1.165) is 20.8 Å². The van der Waals surface area contributed by atoms with Crippen LogP contribution in [-0.4, -0.2) is 27.9 Å². The molecule has 0 saturated carbocycles. The molecule has 1 N–H and O–H groups in total. The summed E-state index contributed by atoms with van der Waals surface area (Å²) in [7, 11) is 0. The van der Waals surface area contributed by atoms with Crippen molar-refractivity contribution >= 4 is 45.5 Å². The van der Waals surface area contributed by atoms with E-state index in [0.29, 0.717) is 6.54 Å². The highest BCUT2D eigenvalue weighted by Crippen LogP contribution is 2.31. The molecule has 140 valence electrons.